The lowest BCUT2D eigenvalue weighted by Gasteiger charge is -2.41. The molecule has 31 heavy (non-hydrogen) atoms. The summed E-state index contributed by atoms with van der Waals surface area (Å²) in [4.78, 5) is 31.3. The first kappa shape index (κ1) is 23.1. The van der Waals surface area contributed by atoms with E-state index in [4.69, 9.17) is 17.3 Å². The molecule has 1 aromatic carbocycles. The van der Waals surface area contributed by atoms with Gasteiger partial charge in [-0.1, -0.05) is 29.3 Å². The van der Waals surface area contributed by atoms with Crippen molar-refractivity contribution >= 4 is 29.1 Å². The monoisotopic (exact) mass is 450 g/mol. The highest BCUT2D eigenvalue weighted by Gasteiger charge is 2.47. The molecule has 0 spiro atoms. The molecule has 2 aromatic rings. The number of amides is 2. The van der Waals surface area contributed by atoms with Crippen molar-refractivity contribution in [3.05, 3.63) is 59.7 Å². The highest BCUT2D eigenvalue weighted by atomic mass is 35.5. The third-order valence-corrected chi connectivity index (χ3v) is 5.85. The first-order valence-electron chi connectivity index (χ1n) is 9.99. The van der Waals surface area contributed by atoms with Gasteiger partial charge in [0, 0.05) is 29.5 Å². The SMILES string of the molecule is Cc1ccc(N(C(=O)[C@H](F)Cl)C(C)(C(=O)N[C@@H]2CC[C@H](N)C2)c2cncc(F)c2)cc1. The third kappa shape index (κ3) is 4.85. The Labute approximate surface area is 184 Å². The highest BCUT2D eigenvalue weighted by Crippen LogP contribution is 2.36. The van der Waals surface area contributed by atoms with Crippen molar-refractivity contribution < 1.29 is 18.4 Å². The summed E-state index contributed by atoms with van der Waals surface area (Å²) >= 11 is 5.53. The first-order chi connectivity index (χ1) is 14.6. The van der Waals surface area contributed by atoms with E-state index in [2.05, 4.69) is 10.3 Å². The number of hydrogen-bond donors (Lipinski definition) is 2. The quantitative estimate of drug-likeness (QED) is 0.661. The van der Waals surface area contributed by atoms with E-state index < -0.39 is 28.8 Å². The van der Waals surface area contributed by atoms with E-state index in [0.717, 1.165) is 29.1 Å². The Morgan fingerprint density at radius 1 is 1.29 bits per heavy atom. The van der Waals surface area contributed by atoms with Gasteiger partial charge in [0.05, 0.1) is 6.20 Å². The average Bonchev–Trinajstić information content (AvgIpc) is 3.13. The van der Waals surface area contributed by atoms with E-state index in [1.165, 1.54) is 13.1 Å². The van der Waals surface area contributed by atoms with Crippen molar-refractivity contribution in [3.8, 4) is 0 Å². The second-order valence-electron chi connectivity index (χ2n) is 8.02. The lowest BCUT2D eigenvalue weighted by atomic mass is 9.88. The molecular weight excluding hydrogens is 426 g/mol. The molecule has 9 heteroatoms. The molecule has 1 unspecified atom stereocenters. The van der Waals surface area contributed by atoms with Crippen LogP contribution in [0.3, 0.4) is 0 Å². The smallest absolute Gasteiger partial charge is 0.278 e. The molecular formula is C22H25ClF2N4O2. The zero-order chi connectivity index (χ0) is 22.8. The number of nitrogens with two attached hydrogens (primary N) is 1. The molecule has 1 aliphatic rings. The number of pyridine rings is 1. The molecule has 1 aromatic heterocycles. The van der Waals surface area contributed by atoms with Gasteiger partial charge in [-0.25, -0.2) is 8.78 Å². The minimum absolute atomic E-state index is 0.0414. The topological polar surface area (TPSA) is 88.3 Å². The van der Waals surface area contributed by atoms with Gasteiger partial charge in [-0.2, -0.15) is 0 Å². The lowest BCUT2D eigenvalue weighted by molar-refractivity contribution is -0.131. The van der Waals surface area contributed by atoms with Gasteiger partial charge in [0.2, 0.25) is 0 Å². The van der Waals surface area contributed by atoms with E-state index in [-0.39, 0.29) is 23.3 Å². The summed E-state index contributed by atoms with van der Waals surface area (Å²) < 4.78 is 28.2. The molecule has 6 nitrogen and oxygen atoms in total. The fourth-order valence-corrected chi connectivity index (χ4v) is 4.01. The van der Waals surface area contributed by atoms with Crippen molar-refractivity contribution in [2.45, 2.75) is 56.4 Å². The molecule has 4 atom stereocenters. The Balaban J connectivity index is 2.14. The number of alkyl halides is 2. The van der Waals surface area contributed by atoms with Crippen molar-refractivity contribution in [3.63, 3.8) is 0 Å². The first-order valence-corrected chi connectivity index (χ1v) is 10.4. The molecule has 2 amide bonds. The molecule has 1 heterocycles. The van der Waals surface area contributed by atoms with Crippen molar-refractivity contribution in [1.29, 1.82) is 0 Å². The summed E-state index contributed by atoms with van der Waals surface area (Å²) in [5.41, 5.74) is 2.94. The highest BCUT2D eigenvalue weighted by molar-refractivity contribution is 6.32. The Morgan fingerprint density at radius 2 is 1.97 bits per heavy atom. The number of benzene rings is 1. The number of rotatable bonds is 6. The van der Waals surface area contributed by atoms with E-state index in [9.17, 15) is 18.4 Å². The predicted molar refractivity (Wildman–Crippen MR) is 115 cm³/mol. The Hall–Kier alpha value is -2.58. The van der Waals surface area contributed by atoms with Gasteiger partial charge in [-0.3, -0.25) is 19.5 Å². The summed E-state index contributed by atoms with van der Waals surface area (Å²) in [6.45, 7) is 3.27. The number of carbonyl (C=O) groups excluding carboxylic acids is 2. The zero-order valence-electron chi connectivity index (χ0n) is 17.3. The minimum atomic E-state index is -2.41. The van der Waals surface area contributed by atoms with Crippen LogP contribution in [0, 0.1) is 12.7 Å². The molecule has 3 N–H and O–H groups in total. The van der Waals surface area contributed by atoms with Crippen LogP contribution in [-0.4, -0.2) is 34.5 Å². The summed E-state index contributed by atoms with van der Waals surface area (Å²) in [7, 11) is 0. The van der Waals surface area contributed by atoms with Gasteiger partial charge in [-0.15, -0.1) is 0 Å². The van der Waals surface area contributed by atoms with Gasteiger partial charge < -0.3 is 11.1 Å². The fourth-order valence-electron chi connectivity index (χ4n) is 3.91. The fraction of sp³-hybridized carbons (Fsp3) is 0.409. The Kier molecular flexibility index (Phi) is 6.91. The Bertz CT molecular complexity index is 957. The van der Waals surface area contributed by atoms with Crippen LogP contribution in [0.5, 0.6) is 0 Å². The maximum absolute atomic E-state index is 14.1. The van der Waals surface area contributed by atoms with Crippen molar-refractivity contribution in [2.75, 3.05) is 4.90 Å². The number of nitrogens with one attached hydrogen (secondary N) is 1. The number of nitrogens with zero attached hydrogens (tertiary/aromatic N) is 2. The van der Waals surface area contributed by atoms with Gasteiger partial charge in [0.1, 0.15) is 5.82 Å². The van der Waals surface area contributed by atoms with Crippen LogP contribution in [0.25, 0.3) is 0 Å². The van der Waals surface area contributed by atoms with Gasteiger partial charge in [-0.05, 0) is 51.3 Å². The normalized spacial score (nSPS) is 21.2. The van der Waals surface area contributed by atoms with Crippen LogP contribution in [0.1, 0.15) is 37.3 Å². The molecule has 1 saturated carbocycles. The number of aryl methyl sites for hydroxylation is 1. The largest absolute Gasteiger partial charge is 0.351 e. The number of hydrogen-bond acceptors (Lipinski definition) is 4. The maximum Gasteiger partial charge on any atom is 0.278 e. The van der Waals surface area contributed by atoms with Crippen LogP contribution < -0.4 is 16.0 Å². The lowest BCUT2D eigenvalue weighted by Crippen LogP contribution is -2.59. The molecule has 1 fully saturated rings. The summed E-state index contributed by atoms with van der Waals surface area (Å²) in [6.07, 6.45) is 4.25. The maximum atomic E-state index is 14.1. The van der Waals surface area contributed by atoms with Crippen LogP contribution >= 0.6 is 11.6 Å². The van der Waals surface area contributed by atoms with Crippen LogP contribution in [0.2, 0.25) is 0 Å². The van der Waals surface area contributed by atoms with E-state index in [0.29, 0.717) is 12.8 Å². The van der Waals surface area contributed by atoms with Gasteiger partial charge in [0.25, 0.3) is 17.4 Å². The number of halogens is 3. The van der Waals surface area contributed by atoms with Crippen molar-refractivity contribution in [1.82, 2.24) is 10.3 Å². The second-order valence-corrected chi connectivity index (χ2v) is 8.40. The summed E-state index contributed by atoms with van der Waals surface area (Å²) in [6, 6.07) is 7.44. The van der Waals surface area contributed by atoms with Gasteiger partial charge in [0.15, 0.2) is 5.54 Å². The number of anilines is 1. The van der Waals surface area contributed by atoms with Crippen LogP contribution in [0.4, 0.5) is 14.5 Å². The minimum Gasteiger partial charge on any atom is -0.351 e. The Morgan fingerprint density at radius 3 is 2.52 bits per heavy atom. The third-order valence-electron chi connectivity index (χ3n) is 5.66. The molecule has 0 radical (unpaired) electrons. The number of carbonyl (C=O) groups is 2. The van der Waals surface area contributed by atoms with E-state index in [1.54, 1.807) is 24.3 Å². The molecule has 0 aliphatic heterocycles. The molecule has 166 valence electrons. The predicted octanol–water partition coefficient (Wildman–Crippen LogP) is 3.31. The molecule has 0 bridgehead atoms. The van der Waals surface area contributed by atoms with E-state index in [1.807, 2.05) is 6.92 Å². The molecule has 0 saturated heterocycles. The summed E-state index contributed by atoms with van der Waals surface area (Å²) in [5.74, 6) is -2.45. The van der Waals surface area contributed by atoms with E-state index >= 15 is 0 Å². The standard InChI is InChI=1S/C22H25ClF2N4O2/c1-13-3-7-18(8-4-13)29(20(30)19(23)25)22(2,14-9-15(24)12-27-11-14)21(31)28-17-6-5-16(26)10-17/h3-4,7-9,11-12,16-17,19H,5-6,10,26H2,1-2H3,(H,28,31)/t16-,17+,19-,22?/m0/s1. The van der Waals surface area contributed by atoms with Gasteiger partial charge >= 0.3 is 0 Å². The molecule has 1 aliphatic carbocycles. The summed E-state index contributed by atoms with van der Waals surface area (Å²) in [5, 5.41) is 2.89. The van der Waals surface area contributed by atoms with Crippen molar-refractivity contribution in [2.24, 2.45) is 5.73 Å². The average molecular weight is 451 g/mol. The van der Waals surface area contributed by atoms with Crippen LogP contribution in [0.15, 0.2) is 42.7 Å². The second kappa shape index (κ2) is 9.28. The zero-order valence-corrected chi connectivity index (χ0v) is 18.1. The molecule has 3 rings (SSSR count). The number of aromatic nitrogens is 1. The van der Waals surface area contributed by atoms with Crippen LogP contribution in [-0.2, 0) is 15.1 Å².